The molecule has 0 spiro atoms. The molecule has 3 saturated carbocycles. The first-order valence-corrected chi connectivity index (χ1v) is 15.9. The maximum Gasteiger partial charge on any atom is 0.328 e. The molecule has 0 bridgehead atoms. The summed E-state index contributed by atoms with van der Waals surface area (Å²) in [5.41, 5.74) is 3.66. The van der Waals surface area contributed by atoms with Crippen molar-refractivity contribution in [3.8, 4) is 0 Å². The summed E-state index contributed by atoms with van der Waals surface area (Å²) in [5, 5.41) is 13.8. The van der Waals surface area contributed by atoms with E-state index in [0.29, 0.717) is 24.5 Å². The second-order valence-electron chi connectivity index (χ2n) is 15.4. The fourth-order valence-electron chi connectivity index (χ4n) is 10.3. The number of methoxy groups -OCH3 is 1. The van der Waals surface area contributed by atoms with Crippen LogP contribution in [0.1, 0.15) is 99.3 Å². The van der Waals surface area contributed by atoms with Gasteiger partial charge in [0.05, 0.1) is 7.11 Å². The van der Waals surface area contributed by atoms with Gasteiger partial charge in [-0.1, -0.05) is 45.4 Å². The van der Waals surface area contributed by atoms with Crippen molar-refractivity contribution in [2.24, 2.45) is 27.6 Å². The van der Waals surface area contributed by atoms with Crippen LogP contribution in [0.25, 0.3) is 0 Å². The van der Waals surface area contributed by atoms with Gasteiger partial charge in [-0.3, -0.25) is 4.79 Å². The summed E-state index contributed by atoms with van der Waals surface area (Å²) in [4.78, 5) is 40.4. The van der Waals surface area contributed by atoms with E-state index in [0.717, 1.165) is 62.5 Å². The number of carbonyl (C=O) groups is 3. The molecule has 0 aromatic rings. The molecular weight excluding hydrogens is 528 g/mol. The van der Waals surface area contributed by atoms with E-state index in [1.54, 1.807) is 11.0 Å². The largest absolute Gasteiger partial charge is 0.504 e. The minimum atomic E-state index is -0.503. The van der Waals surface area contributed by atoms with Crippen LogP contribution in [0.5, 0.6) is 0 Å². The van der Waals surface area contributed by atoms with Crippen LogP contribution in [0, 0.1) is 27.6 Å². The second-order valence-corrected chi connectivity index (χ2v) is 15.4. The summed E-state index contributed by atoms with van der Waals surface area (Å²) in [6, 6.07) is -0.654. The van der Waals surface area contributed by atoms with Crippen LogP contribution in [0.4, 0.5) is 4.79 Å². The summed E-state index contributed by atoms with van der Waals surface area (Å²) in [6.45, 7) is 14.3. The number of allylic oxidation sites excluding steroid dienone is 7. The van der Waals surface area contributed by atoms with Crippen molar-refractivity contribution in [2.75, 3.05) is 13.7 Å². The molecule has 4 fully saturated rings. The number of aliphatic hydroxyl groups excluding tert-OH is 1. The first kappa shape index (κ1) is 29.3. The first-order chi connectivity index (χ1) is 19.6. The second kappa shape index (κ2) is 9.33. The lowest BCUT2D eigenvalue weighted by atomic mass is 9.35. The lowest BCUT2D eigenvalue weighted by Crippen LogP contribution is -2.65. The fraction of sp³-hybridized carbons (Fsp3) is 0.686. The van der Waals surface area contributed by atoms with Crippen LogP contribution in [-0.2, 0) is 14.3 Å². The van der Waals surface area contributed by atoms with E-state index in [4.69, 9.17) is 4.74 Å². The number of ketones is 1. The Morgan fingerprint density at radius 3 is 2.45 bits per heavy atom. The molecule has 7 heteroatoms. The van der Waals surface area contributed by atoms with Crippen molar-refractivity contribution in [2.45, 2.75) is 111 Å². The molecule has 7 atom stereocenters. The summed E-state index contributed by atoms with van der Waals surface area (Å²) in [6.07, 6.45) is 14.7. The molecule has 0 unspecified atom stereocenters. The lowest BCUT2D eigenvalue weighted by Gasteiger charge is -2.70. The number of rotatable bonds is 2. The number of nitrogens with zero attached hydrogens (tertiary/aromatic N) is 1. The van der Waals surface area contributed by atoms with Gasteiger partial charge in [-0.25, -0.2) is 9.59 Å². The number of fused-ring (bicyclic) bond motifs is 7. The fourth-order valence-corrected chi connectivity index (χ4v) is 10.3. The maximum atomic E-state index is 13.6. The van der Waals surface area contributed by atoms with Crippen molar-refractivity contribution in [1.29, 1.82) is 0 Å². The highest BCUT2D eigenvalue weighted by atomic mass is 16.5. The molecule has 42 heavy (non-hydrogen) atoms. The van der Waals surface area contributed by atoms with Gasteiger partial charge in [-0.2, -0.15) is 0 Å². The Labute approximate surface area is 250 Å². The average Bonchev–Trinajstić information content (AvgIpc) is 3.45. The van der Waals surface area contributed by atoms with E-state index in [2.05, 4.69) is 52.1 Å². The van der Waals surface area contributed by atoms with Crippen LogP contribution >= 0.6 is 0 Å². The molecule has 1 aliphatic heterocycles. The van der Waals surface area contributed by atoms with E-state index < -0.39 is 6.04 Å². The zero-order valence-corrected chi connectivity index (χ0v) is 26.5. The third kappa shape index (κ3) is 3.86. The van der Waals surface area contributed by atoms with Gasteiger partial charge in [-0.05, 0) is 111 Å². The number of ether oxygens (including phenoxy) is 1. The molecule has 0 aromatic heterocycles. The molecule has 228 valence electrons. The zero-order valence-electron chi connectivity index (χ0n) is 26.5. The van der Waals surface area contributed by atoms with Crippen molar-refractivity contribution in [3.63, 3.8) is 0 Å². The molecule has 2 N–H and O–H groups in total. The molecule has 1 saturated heterocycles. The molecule has 5 aliphatic carbocycles. The molecule has 2 amide bonds. The predicted molar refractivity (Wildman–Crippen MR) is 162 cm³/mol. The molecule has 1 heterocycles. The van der Waals surface area contributed by atoms with Crippen molar-refractivity contribution >= 4 is 17.8 Å². The standard InChI is InChI=1S/C35H48N2O5/c1-21-22-10-11-26-33(4,23(22)19-25(38)28(21)39)15-17-35(6)27-20-32(3,14-12-31(27,2)13-16-34(26,35)5)36-30(41)37-18-8-9-24(37)29(40)42-7/h10-11,19,24,27,39H,8-9,12-18,20H2,1-7H3,(H,36,41)/t24-,27+,31+,32+,33-,34+,35-/m0/s1. The number of urea groups is 1. The third-order valence-corrected chi connectivity index (χ3v) is 13.3. The van der Waals surface area contributed by atoms with Crippen LogP contribution in [0.3, 0.4) is 0 Å². The topological polar surface area (TPSA) is 95.9 Å². The van der Waals surface area contributed by atoms with Crippen molar-refractivity contribution < 1.29 is 24.2 Å². The molecule has 7 nitrogen and oxygen atoms in total. The van der Waals surface area contributed by atoms with E-state index in [1.807, 2.05) is 6.92 Å². The minimum absolute atomic E-state index is 0.0115. The number of hydrogen-bond acceptors (Lipinski definition) is 5. The molecule has 6 aliphatic rings. The Morgan fingerprint density at radius 1 is 1.02 bits per heavy atom. The SMILES string of the molecule is COC(=O)[C@@H]1CCCN1C(=O)N[C@]1(C)CC[C@]2(C)CC[C@]3(C)C4=CC=C5C(=CC(=O)C(O)=C5C)[C@]4(C)CC[C@@]3(C)[C@@H]2C1. The highest BCUT2D eigenvalue weighted by Gasteiger charge is 2.67. The third-order valence-electron chi connectivity index (χ3n) is 13.3. The lowest BCUT2D eigenvalue weighted by molar-refractivity contribution is -0.153. The van der Waals surface area contributed by atoms with Crippen LogP contribution < -0.4 is 5.32 Å². The van der Waals surface area contributed by atoms with Crippen LogP contribution in [-0.4, -0.2) is 53.0 Å². The normalized spacial score (nSPS) is 42.8. The highest BCUT2D eigenvalue weighted by molar-refractivity contribution is 6.06. The van der Waals surface area contributed by atoms with Gasteiger partial charge < -0.3 is 20.1 Å². The Hall–Kier alpha value is -2.83. The van der Waals surface area contributed by atoms with Gasteiger partial charge >= 0.3 is 12.0 Å². The van der Waals surface area contributed by atoms with Gasteiger partial charge in [0, 0.05) is 23.1 Å². The summed E-state index contributed by atoms with van der Waals surface area (Å²) >= 11 is 0. The van der Waals surface area contributed by atoms with Crippen molar-refractivity contribution in [3.05, 3.63) is 46.3 Å². The molecule has 0 aromatic carbocycles. The quantitative estimate of drug-likeness (QED) is 0.356. The number of carbonyl (C=O) groups excluding carboxylic acids is 3. The average molecular weight is 577 g/mol. The number of nitrogens with one attached hydrogen (secondary N) is 1. The van der Waals surface area contributed by atoms with Gasteiger partial charge in [0.15, 0.2) is 5.76 Å². The number of amides is 2. The monoisotopic (exact) mass is 576 g/mol. The van der Waals surface area contributed by atoms with Gasteiger partial charge in [0.1, 0.15) is 6.04 Å². The summed E-state index contributed by atoms with van der Waals surface area (Å²) in [5.74, 6) is -0.357. The number of aliphatic hydroxyl groups is 1. The summed E-state index contributed by atoms with van der Waals surface area (Å²) < 4.78 is 4.99. The zero-order chi connectivity index (χ0) is 30.5. The Bertz CT molecular complexity index is 1390. The Kier molecular flexibility index (Phi) is 6.50. The first-order valence-electron chi connectivity index (χ1n) is 15.9. The summed E-state index contributed by atoms with van der Waals surface area (Å²) in [7, 11) is 1.39. The smallest absolute Gasteiger partial charge is 0.328 e. The molecule has 6 rings (SSSR count). The van der Waals surface area contributed by atoms with Gasteiger partial charge in [-0.15, -0.1) is 0 Å². The van der Waals surface area contributed by atoms with Crippen LogP contribution in [0.2, 0.25) is 0 Å². The van der Waals surface area contributed by atoms with Crippen LogP contribution in [0.15, 0.2) is 46.3 Å². The predicted octanol–water partition coefficient (Wildman–Crippen LogP) is 6.71. The van der Waals surface area contributed by atoms with E-state index in [-0.39, 0.29) is 50.7 Å². The molecular formula is C35H48N2O5. The highest BCUT2D eigenvalue weighted by Crippen LogP contribution is 2.75. The van der Waals surface area contributed by atoms with Crippen molar-refractivity contribution in [1.82, 2.24) is 10.2 Å². The number of likely N-dealkylation sites (tertiary alicyclic amines) is 1. The van der Waals surface area contributed by atoms with Gasteiger partial charge in [0.25, 0.3) is 0 Å². The Balaban J connectivity index is 1.32. The molecule has 0 radical (unpaired) electrons. The maximum absolute atomic E-state index is 13.6. The minimum Gasteiger partial charge on any atom is -0.504 e. The Morgan fingerprint density at radius 2 is 1.74 bits per heavy atom. The number of esters is 1. The van der Waals surface area contributed by atoms with E-state index >= 15 is 0 Å². The van der Waals surface area contributed by atoms with E-state index in [9.17, 15) is 19.5 Å². The van der Waals surface area contributed by atoms with Gasteiger partial charge in [0.2, 0.25) is 5.78 Å². The number of hydrogen-bond donors (Lipinski definition) is 2. The van der Waals surface area contributed by atoms with E-state index in [1.165, 1.54) is 12.7 Å².